The molecule has 3 rings (SSSR count). The third-order valence-electron chi connectivity index (χ3n) is 5.07. The molecule has 0 spiro atoms. The predicted octanol–water partition coefficient (Wildman–Crippen LogP) is 2.66. The van der Waals surface area contributed by atoms with Crippen molar-refractivity contribution in [1.29, 1.82) is 0 Å². The molecule has 1 aliphatic rings. The van der Waals surface area contributed by atoms with E-state index in [1.54, 1.807) is 31.4 Å². The van der Waals surface area contributed by atoms with Crippen molar-refractivity contribution in [3.05, 3.63) is 53.6 Å². The molecule has 0 aliphatic heterocycles. The molecule has 29 heavy (non-hydrogen) atoms. The number of benzene rings is 2. The first-order valence-electron chi connectivity index (χ1n) is 9.41. The van der Waals surface area contributed by atoms with E-state index in [1.807, 2.05) is 18.2 Å². The molecule has 1 aliphatic carbocycles. The smallest absolute Gasteiger partial charge is 0.258 e. The highest BCUT2D eigenvalue weighted by molar-refractivity contribution is 7.92. The molecule has 0 heterocycles. The number of carbonyl (C=O) groups is 1. The maximum atomic E-state index is 12.4. The van der Waals surface area contributed by atoms with Crippen LogP contribution in [0.1, 0.15) is 30.0 Å². The van der Waals surface area contributed by atoms with E-state index in [0.717, 1.165) is 36.8 Å². The second-order valence-corrected chi connectivity index (χ2v) is 9.10. The van der Waals surface area contributed by atoms with Gasteiger partial charge in [-0.25, -0.2) is 8.42 Å². The molecular formula is C21H26N2O5S. The zero-order valence-corrected chi connectivity index (χ0v) is 17.7. The third kappa shape index (κ3) is 5.20. The molecular weight excluding hydrogens is 392 g/mol. The van der Waals surface area contributed by atoms with Crippen LogP contribution >= 0.6 is 0 Å². The van der Waals surface area contributed by atoms with Crippen molar-refractivity contribution >= 4 is 21.6 Å². The highest BCUT2D eigenvalue weighted by Gasteiger charge is 2.22. The van der Waals surface area contributed by atoms with Gasteiger partial charge < -0.3 is 14.8 Å². The molecule has 0 saturated heterocycles. The first-order chi connectivity index (χ1) is 13.8. The fourth-order valence-electron chi connectivity index (χ4n) is 3.40. The Morgan fingerprint density at radius 2 is 1.86 bits per heavy atom. The summed E-state index contributed by atoms with van der Waals surface area (Å²) in [6.07, 6.45) is 4.00. The van der Waals surface area contributed by atoms with Gasteiger partial charge in [-0.3, -0.25) is 9.10 Å². The molecule has 1 N–H and O–H groups in total. The van der Waals surface area contributed by atoms with Gasteiger partial charge in [-0.05, 0) is 66.8 Å². The van der Waals surface area contributed by atoms with Crippen LogP contribution in [0.5, 0.6) is 11.5 Å². The zero-order chi connectivity index (χ0) is 21.0. The fourth-order valence-corrected chi connectivity index (χ4v) is 3.90. The summed E-state index contributed by atoms with van der Waals surface area (Å²) in [6.45, 7) is -0.108. The van der Waals surface area contributed by atoms with Crippen LogP contribution < -0.4 is 19.1 Å². The van der Waals surface area contributed by atoms with Crippen molar-refractivity contribution in [2.24, 2.45) is 0 Å². The van der Waals surface area contributed by atoms with Crippen molar-refractivity contribution in [2.75, 3.05) is 31.3 Å². The number of amides is 1. The molecule has 1 atom stereocenters. The summed E-state index contributed by atoms with van der Waals surface area (Å²) in [4.78, 5) is 12.4. The molecule has 2 aromatic carbocycles. The Morgan fingerprint density at radius 3 is 2.52 bits per heavy atom. The van der Waals surface area contributed by atoms with Gasteiger partial charge in [-0.1, -0.05) is 6.07 Å². The molecule has 2 aromatic rings. The lowest BCUT2D eigenvalue weighted by molar-refractivity contribution is -0.123. The van der Waals surface area contributed by atoms with Gasteiger partial charge in [0.05, 0.1) is 25.1 Å². The Morgan fingerprint density at radius 1 is 1.17 bits per heavy atom. The number of aryl methyl sites for hydroxylation is 1. The van der Waals surface area contributed by atoms with E-state index in [-0.39, 0.29) is 18.6 Å². The van der Waals surface area contributed by atoms with Crippen molar-refractivity contribution in [2.45, 2.75) is 25.3 Å². The lowest BCUT2D eigenvalue weighted by Gasteiger charge is -2.26. The Labute approximate surface area is 171 Å². The highest BCUT2D eigenvalue weighted by Crippen LogP contribution is 2.32. The van der Waals surface area contributed by atoms with Gasteiger partial charge in [0.25, 0.3) is 5.91 Å². The molecule has 0 radical (unpaired) electrons. The molecule has 0 fully saturated rings. The topological polar surface area (TPSA) is 84.9 Å². The summed E-state index contributed by atoms with van der Waals surface area (Å²) in [6, 6.07) is 12.5. The summed E-state index contributed by atoms with van der Waals surface area (Å²) in [5.74, 6) is 1.12. The minimum absolute atomic E-state index is 0.0356. The Kier molecular flexibility index (Phi) is 6.32. The number of hydrogen-bond donors (Lipinski definition) is 1. The lowest BCUT2D eigenvalue weighted by Crippen LogP contribution is -2.34. The number of nitrogens with one attached hydrogen (secondary N) is 1. The van der Waals surface area contributed by atoms with Crippen LogP contribution in [0.15, 0.2) is 42.5 Å². The average molecular weight is 419 g/mol. The van der Waals surface area contributed by atoms with E-state index in [4.69, 9.17) is 9.47 Å². The second kappa shape index (κ2) is 8.73. The molecule has 8 heteroatoms. The monoisotopic (exact) mass is 418 g/mol. The SMILES string of the molecule is COc1ccc2c(c1)CCC[C@H]2NC(=O)COc1ccc(N(C)S(C)(=O)=O)cc1. The van der Waals surface area contributed by atoms with Crippen LogP contribution in [0, 0.1) is 0 Å². The van der Waals surface area contributed by atoms with Crippen LogP contribution in [0.2, 0.25) is 0 Å². The van der Waals surface area contributed by atoms with E-state index >= 15 is 0 Å². The summed E-state index contributed by atoms with van der Waals surface area (Å²) < 4.78 is 35.2. The van der Waals surface area contributed by atoms with Crippen molar-refractivity contribution in [3.63, 3.8) is 0 Å². The number of methoxy groups -OCH3 is 1. The van der Waals surface area contributed by atoms with Crippen molar-refractivity contribution < 1.29 is 22.7 Å². The van der Waals surface area contributed by atoms with Gasteiger partial charge in [0.1, 0.15) is 11.5 Å². The number of hydrogen-bond acceptors (Lipinski definition) is 5. The Hall–Kier alpha value is -2.74. The maximum absolute atomic E-state index is 12.4. The van der Waals surface area contributed by atoms with E-state index < -0.39 is 10.0 Å². The quantitative estimate of drug-likeness (QED) is 0.747. The predicted molar refractivity (Wildman–Crippen MR) is 112 cm³/mol. The van der Waals surface area contributed by atoms with Crippen LogP contribution in [-0.2, 0) is 21.2 Å². The molecule has 0 saturated carbocycles. The van der Waals surface area contributed by atoms with Crippen LogP contribution in [0.25, 0.3) is 0 Å². The summed E-state index contributed by atoms with van der Waals surface area (Å²) in [5, 5.41) is 3.04. The summed E-state index contributed by atoms with van der Waals surface area (Å²) in [5.41, 5.74) is 2.85. The molecule has 0 unspecified atom stereocenters. The molecule has 7 nitrogen and oxygen atoms in total. The standard InChI is InChI=1S/C21H26N2O5S/c1-23(29(3,25)26)16-7-9-17(10-8-16)28-14-21(24)22-20-6-4-5-15-13-18(27-2)11-12-19(15)20/h7-13,20H,4-6,14H2,1-3H3,(H,22,24)/t20-/m1/s1. The first kappa shape index (κ1) is 21.0. The van der Waals surface area contributed by atoms with Crippen LogP contribution in [-0.4, -0.2) is 41.3 Å². The van der Waals surface area contributed by atoms with E-state index in [0.29, 0.717) is 11.4 Å². The van der Waals surface area contributed by atoms with Gasteiger partial charge in [-0.2, -0.15) is 0 Å². The third-order valence-corrected chi connectivity index (χ3v) is 6.27. The van der Waals surface area contributed by atoms with E-state index in [9.17, 15) is 13.2 Å². The normalized spacial score (nSPS) is 15.9. The zero-order valence-electron chi connectivity index (χ0n) is 16.8. The summed E-state index contributed by atoms with van der Waals surface area (Å²) in [7, 11) is -0.191. The number of anilines is 1. The minimum atomic E-state index is -3.32. The van der Waals surface area contributed by atoms with Crippen LogP contribution in [0.4, 0.5) is 5.69 Å². The number of ether oxygens (including phenoxy) is 2. The van der Waals surface area contributed by atoms with Gasteiger partial charge in [0.2, 0.25) is 10.0 Å². The summed E-state index contributed by atoms with van der Waals surface area (Å²) >= 11 is 0. The van der Waals surface area contributed by atoms with E-state index in [1.165, 1.54) is 16.9 Å². The number of fused-ring (bicyclic) bond motifs is 1. The molecule has 1 amide bonds. The van der Waals surface area contributed by atoms with Gasteiger partial charge in [0.15, 0.2) is 6.61 Å². The number of carbonyl (C=O) groups excluding carboxylic acids is 1. The van der Waals surface area contributed by atoms with Crippen LogP contribution in [0.3, 0.4) is 0 Å². The Balaban J connectivity index is 1.57. The molecule has 0 bridgehead atoms. The number of sulfonamides is 1. The Bertz CT molecular complexity index is 973. The number of rotatable bonds is 7. The van der Waals surface area contributed by atoms with Crippen molar-refractivity contribution in [1.82, 2.24) is 5.32 Å². The average Bonchev–Trinajstić information content (AvgIpc) is 2.71. The second-order valence-electron chi connectivity index (χ2n) is 7.09. The lowest BCUT2D eigenvalue weighted by atomic mass is 9.87. The minimum Gasteiger partial charge on any atom is -0.497 e. The van der Waals surface area contributed by atoms with Crippen molar-refractivity contribution in [3.8, 4) is 11.5 Å². The maximum Gasteiger partial charge on any atom is 0.258 e. The number of nitrogens with zero attached hydrogens (tertiary/aromatic N) is 1. The van der Waals surface area contributed by atoms with E-state index in [2.05, 4.69) is 5.32 Å². The van der Waals surface area contributed by atoms with Gasteiger partial charge >= 0.3 is 0 Å². The first-order valence-corrected chi connectivity index (χ1v) is 11.3. The fraction of sp³-hybridized carbons (Fsp3) is 0.381. The highest BCUT2D eigenvalue weighted by atomic mass is 32.2. The largest absolute Gasteiger partial charge is 0.497 e. The molecule has 156 valence electrons. The van der Waals surface area contributed by atoms with Gasteiger partial charge in [-0.15, -0.1) is 0 Å². The van der Waals surface area contributed by atoms with Gasteiger partial charge in [0, 0.05) is 7.05 Å². The molecule has 0 aromatic heterocycles.